The van der Waals surface area contributed by atoms with Crippen molar-refractivity contribution in [3.8, 4) is 0 Å². The van der Waals surface area contributed by atoms with Gasteiger partial charge in [-0.1, -0.05) is 48.0 Å². The Morgan fingerprint density at radius 1 is 1.12 bits per heavy atom. The monoisotopic (exact) mass is 379 g/mol. The van der Waals surface area contributed by atoms with E-state index in [0.29, 0.717) is 0 Å². The van der Waals surface area contributed by atoms with Gasteiger partial charge in [-0.3, -0.25) is 5.32 Å². The summed E-state index contributed by atoms with van der Waals surface area (Å²) in [4.78, 5) is 11.8. The SMILES string of the molecule is Cc1ccc(S(=O)(=O)O[C@H](NC(=O)OCc2ccccc2)C(C)O)cc1. The van der Waals surface area contributed by atoms with Crippen molar-refractivity contribution in [1.82, 2.24) is 5.32 Å². The smallest absolute Gasteiger partial charge is 0.409 e. The average Bonchev–Trinajstić information content (AvgIpc) is 2.60. The first-order valence-corrected chi connectivity index (χ1v) is 9.34. The van der Waals surface area contributed by atoms with Crippen molar-refractivity contribution < 1.29 is 27.2 Å². The second-order valence-electron chi connectivity index (χ2n) is 5.73. The summed E-state index contributed by atoms with van der Waals surface area (Å²) in [6, 6.07) is 15.0. The molecule has 0 fully saturated rings. The minimum atomic E-state index is -4.16. The zero-order valence-corrected chi connectivity index (χ0v) is 15.3. The standard InChI is InChI=1S/C18H21NO6S/c1-13-8-10-16(11-9-13)26(22,23)25-17(14(2)20)19-18(21)24-12-15-6-4-3-5-7-15/h3-11,14,17,20H,12H2,1-2H3,(H,19,21)/t14?,17-/m0/s1. The lowest BCUT2D eigenvalue weighted by molar-refractivity contribution is 0.0264. The van der Waals surface area contributed by atoms with Crippen LogP contribution < -0.4 is 5.32 Å². The van der Waals surface area contributed by atoms with Crippen molar-refractivity contribution >= 4 is 16.2 Å². The van der Waals surface area contributed by atoms with Gasteiger partial charge in [0.2, 0.25) is 0 Å². The van der Waals surface area contributed by atoms with Crippen LogP contribution in [0.3, 0.4) is 0 Å². The fourth-order valence-electron chi connectivity index (χ4n) is 2.00. The zero-order valence-electron chi connectivity index (χ0n) is 14.5. The molecule has 0 aliphatic heterocycles. The molecule has 0 bridgehead atoms. The third-order valence-electron chi connectivity index (χ3n) is 3.45. The first kappa shape index (κ1) is 19.9. The maximum atomic E-state index is 12.3. The number of ether oxygens (including phenoxy) is 1. The Kier molecular flexibility index (Phi) is 6.73. The molecular weight excluding hydrogens is 358 g/mol. The number of rotatable bonds is 7. The quantitative estimate of drug-likeness (QED) is 0.565. The normalized spacial score (nSPS) is 13.7. The molecule has 1 amide bonds. The number of aliphatic hydroxyl groups is 1. The summed E-state index contributed by atoms with van der Waals surface area (Å²) in [5.74, 6) is 0. The maximum absolute atomic E-state index is 12.3. The molecule has 0 spiro atoms. The molecule has 2 atom stereocenters. The molecule has 2 aromatic carbocycles. The molecule has 0 aliphatic rings. The molecule has 140 valence electrons. The van der Waals surface area contributed by atoms with Gasteiger partial charge in [0.25, 0.3) is 10.1 Å². The fraction of sp³-hybridized carbons (Fsp3) is 0.278. The molecule has 1 unspecified atom stereocenters. The first-order chi connectivity index (χ1) is 12.3. The third kappa shape index (κ3) is 5.83. The van der Waals surface area contributed by atoms with Crippen LogP contribution in [-0.2, 0) is 25.6 Å². The molecule has 7 nitrogen and oxygen atoms in total. The minimum absolute atomic E-state index is 0.00388. The highest BCUT2D eigenvalue weighted by atomic mass is 32.2. The van der Waals surface area contributed by atoms with E-state index in [2.05, 4.69) is 5.32 Å². The van der Waals surface area contributed by atoms with Crippen LogP contribution in [0.5, 0.6) is 0 Å². The number of benzene rings is 2. The van der Waals surface area contributed by atoms with E-state index in [4.69, 9.17) is 8.92 Å². The lowest BCUT2D eigenvalue weighted by Crippen LogP contribution is -2.45. The second-order valence-corrected chi connectivity index (χ2v) is 7.30. The van der Waals surface area contributed by atoms with Crippen LogP contribution >= 0.6 is 0 Å². The Hall–Kier alpha value is -2.42. The third-order valence-corrected chi connectivity index (χ3v) is 4.76. The molecule has 0 saturated heterocycles. The van der Waals surface area contributed by atoms with Gasteiger partial charge in [0, 0.05) is 0 Å². The van der Waals surface area contributed by atoms with Gasteiger partial charge in [-0.05, 0) is 31.5 Å². The highest BCUT2D eigenvalue weighted by Crippen LogP contribution is 2.16. The van der Waals surface area contributed by atoms with E-state index < -0.39 is 28.5 Å². The van der Waals surface area contributed by atoms with Gasteiger partial charge in [0.15, 0.2) is 6.23 Å². The number of hydrogen-bond acceptors (Lipinski definition) is 6. The van der Waals surface area contributed by atoms with E-state index >= 15 is 0 Å². The van der Waals surface area contributed by atoms with Gasteiger partial charge >= 0.3 is 6.09 Å². The van der Waals surface area contributed by atoms with Crippen LogP contribution in [0.25, 0.3) is 0 Å². The summed E-state index contributed by atoms with van der Waals surface area (Å²) >= 11 is 0. The van der Waals surface area contributed by atoms with E-state index in [0.717, 1.165) is 11.1 Å². The Labute approximate surface area is 152 Å². The maximum Gasteiger partial charge on any atom is 0.409 e. The average molecular weight is 379 g/mol. The van der Waals surface area contributed by atoms with E-state index in [1.54, 1.807) is 36.4 Å². The van der Waals surface area contributed by atoms with Gasteiger partial charge in [0.1, 0.15) is 6.61 Å². The van der Waals surface area contributed by atoms with Gasteiger partial charge in [-0.2, -0.15) is 8.42 Å². The number of aryl methyl sites for hydroxylation is 1. The van der Waals surface area contributed by atoms with Gasteiger partial charge < -0.3 is 9.84 Å². The van der Waals surface area contributed by atoms with Crippen molar-refractivity contribution in [3.63, 3.8) is 0 Å². The number of carbonyl (C=O) groups is 1. The molecule has 0 aliphatic carbocycles. The largest absolute Gasteiger partial charge is 0.445 e. The molecule has 2 rings (SSSR count). The van der Waals surface area contributed by atoms with Crippen molar-refractivity contribution in [2.75, 3.05) is 0 Å². The lowest BCUT2D eigenvalue weighted by atomic mass is 10.2. The highest BCUT2D eigenvalue weighted by molar-refractivity contribution is 7.86. The fourth-order valence-corrected chi connectivity index (χ4v) is 3.07. The number of alkyl carbamates (subject to hydrolysis) is 1. The Morgan fingerprint density at radius 2 is 1.73 bits per heavy atom. The number of nitrogens with one attached hydrogen (secondary N) is 1. The Bertz CT molecular complexity index is 819. The van der Waals surface area contributed by atoms with Crippen molar-refractivity contribution in [2.24, 2.45) is 0 Å². The van der Waals surface area contributed by atoms with E-state index in [1.165, 1.54) is 19.1 Å². The van der Waals surface area contributed by atoms with Crippen LogP contribution in [0.15, 0.2) is 59.5 Å². The van der Waals surface area contributed by atoms with Crippen molar-refractivity contribution in [2.45, 2.75) is 37.7 Å². The van der Waals surface area contributed by atoms with E-state index in [1.807, 2.05) is 13.0 Å². The van der Waals surface area contributed by atoms with Crippen molar-refractivity contribution in [3.05, 3.63) is 65.7 Å². The van der Waals surface area contributed by atoms with Crippen LogP contribution in [0.2, 0.25) is 0 Å². The predicted octanol–water partition coefficient (Wildman–Crippen LogP) is 2.33. The Balaban J connectivity index is 1.99. The molecule has 26 heavy (non-hydrogen) atoms. The zero-order chi connectivity index (χ0) is 19.2. The first-order valence-electron chi connectivity index (χ1n) is 7.93. The number of aliphatic hydroxyl groups excluding tert-OH is 1. The van der Waals surface area contributed by atoms with Crippen LogP contribution in [0.4, 0.5) is 4.79 Å². The summed E-state index contributed by atoms with van der Waals surface area (Å²) < 4.78 is 34.6. The summed E-state index contributed by atoms with van der Waals surface area (Å²) in [6.45, 7) is 3.12. The summed E-state index contributed by atoms with van der Waals surface area (Å²) in [5, 5.41) is 12.0. The lowest BCUT2D eigenvalue weighted by Gasteiger charge is -2.21. The molecule has 2 aromatic rings. The molecule has 8 heteroatoms. The van der Waals surface area contributed by atoms with Crippen LogP contribution in [0, 0.1) is 6.92 Å². The summed E-state index contributed by atoms with van der Waals surface area (Å²) in [7, 11) is -4.16. The van der Waals surface area contributed by atoms with Gasteiger partial charge in [-0.15, -0.1) is 0 Å². The van der Waals surface area contributed by atoms with Crippen LogP contribution in [0.1, 0.15) is 18.1 Å². The molecule has 0 radical (unpaired) electrons. The van der Waals surface area contributed by atoms with E-state index in [9.17, 15) is 18.3 Å². The second kappa shape index (κ2) is 8.79. The van der Waals surface area contributed by atoms with Gasteiger partial charge in [-0.25, -0.2) is 8.98 Å². The number of hydrogen-bond donors (Lipinski definition) is 2. The molecular formula is C18H21NO6S. The van der Waals surface area contributed by atoms with Crippen LogP contribution in [-0.4, -0.2) is 31.9 Å². The minimum Gasteiger partial charge on any atom is -0.445 e. The Morgan fingerprint density at radius 3 is 2.31 bits per heavy atom. The summed E-state index contributed by atoms with van der Waals surface area (Å²) in [6.07, 6.45) is -3.66. The van der Waals surface area contributed by atoms with Crippen molar-refractivity contribution in [1.29, 1.82) is 0 Å². The highest BCUT2D eigenvalue weighted by Gasteiger charge is 2.27. The number of amides is 1. The molecule has 2 N–H and O–H groups in total. The molecule has 0 saturated carbocycles. The molecule has 0 aromatic heterocycles. The topological polar surface area (TPSA) is 102 Å². The van der Waals surface area contributed by atoms with E-state index in [-0.39, 0.29) is 11.5 Å². The van der Waals surface area contributed by atoms with Gasteiger partial charge in [0.05, 0.1) is 11.0 Å². The predicted molar refractivity (Wildman–Crippen MR) is 94.7 cm³/mol. The number of carbonyl (C=O) groups excluding carboxylic acids is 1. The molecule has 0 heterocycles. The summed E-state index contributed by atoms with van der Waals surface area (Å²) in [5.41, 5.74) is 1.66.